The minimum atomic E-state index is -0.489. The number of amides is 1. The van der Waals surface area contributed by atoms with Crippen molar-refractivity contribution >= 4 is 11.9 Å². The molecule has 0 saturated carbocycles. The zero-order valence-electron chi connectivity index (χ0n) is 20.6. The molecule has 0 unspecified atom stereocenters. The van der Waals surface area contributed by atoms with E-state index < -0.39 is 5.82 Å². The molecule has 0 radical (unpaired) electrons. The molecule has 188 valence electrons. The average molecular weight is 498 g/mol. The Morgan fingerprint density at radius 3 is 2.49 bits per heavy atom. The van der Waals surface area contributed by atoms with Gasteiger partial charge in [0.2, 0.25) is 17.7 Å². The molecular formula is C29H28FN5O2. The minimum absolute atomic E-state index is 0.0863. The van der Waals surface area contributed by atoms with Crippen LogP contribution >= 0.6 is 0 Å². The fourth-order valence-corrected chi connectivity index (χ4v) is 4.37. The molecule has 7 nitrogen and oxygen atoms in total. The molecule has 0 atom stereocenters. The zero-order chi connectivity index (χ0) is 25.6. The summed E-state index contributed by atoms with van der Waals surface area (Å²) in [5.74, 6) is 0.514. The number of ether oxygens (including phenoxy) is 1. The van der Waals surface area contributed by atoms with Gasteiger partial charge in [0, 0.05) is 49.4 Å². The van der Waals surface area contributed by atoms with Crippen LogP contribution in [0.2, 0.25) is 0 Å². The summed E-state index contributed by atoms with van der Waals surface area (Å²) in [7, 11) is 0. The van der Waals surface area contributed by atoms with E-state index in [1.54, 1.807) is 13.1 Å². The average Bonchev–Trinajstić information content (AvgIpc) is 2.94. The second-order valence-corrected chi connectivity index (χ2v) is 9.06. The van der Waals surface area contributed by atoms with Crippen LogP contribution in [0.4, 0.5) is 10.3 Å². The Labute approximate surface area is 215 Å². The van der Waals surface area contributed by atoms with E-state index in [4.69, 9.17) is 4.74 Å². The van der Waals surface area contributed by atoms with Crippen LogP contribution in [0.1, 0.15) is 25.3 Å². The number of rotatable bonds is 7. The molecule has 3 heterocycles. The lowest BCUT2D eigenvalue weighted by atomic mass is 10.0. The van der Waals surface area contributed by atoms with Crippen molar-refractivity contribution in [3.63, 3.8) is 0 Å². The Morgan fingerprint density at radius 1 is 0.973 bits per heavy atom. The van der Waals surface area contributed by atoms with Crippen molar-refractivity contribution in [1.29, 1.82) is 0 Å². The van der Waals surface area contributed by atoms with E-state index in [-0.39, 0.29) is 17.6 Å². The Hall–Kier alpha value is -4.33. The van der Waals surface area contributed by atoms with Crippen LogP contribution in [-0.2, 0) is 11.4 Å². The fourth-order valence-electron chi connectivity index (χ4n) is 4.37. The van der Waals surface area contributed by atoms with E-state index >= 15 is 0 Å². The van der Waals surface area contributed by atoms with Gasteiger partial charge in [-0.2, -0.15) is 0 Å². The van der Waals surface area contributed by atoms with E-state index in [1.807, 2.05) is 71.6 Å². The largest absolute Gasteiger partial charge is 0.473 e. The standard InChI is InChI=1S/C29H28FN5O2/c1-20(36)35-14-12-25(13-15-35)33-29-32-18-26(30)28(34-29)23-9-5-8-22(16-23)24-10-11-27(31-17-24)37-19-21-6-3-2-4-7-21/h2-11,16-18,25H,12-15,19H2,1H3,(H,32,33,34). The topological polar surface area (TPSA) is 80.2 Å². The maximum atomic E-state index is 14.8. The lowest BCUT2D eigenvalue weighted by molar-refractivity contribution is -0.129. The number of hydrogen-bond donors (Lipinski definition) is 1. The van der Waals surface area contributed by atoms with Gasteiger partial charge in [-0.1, -0.05) is 48.5 Å². The Kier molecular flexibility index (Phi) is 7.35. The van der Waals surface area contributed by atoms with E-state index in [2.05, 4.69) is 20.3 Å². The molecule has 37 heavy (non-hydrogen) atoms. The molecule has 5 rings (SSSR count). The third kappa shape index (κ3) is 6.09. The molecule has 2 aromatic heterocycles. The van der Waals surface area contributed by atoms with Crippen LogP contribution in [0.25, 0.3) is 22.4 Å². The second-order valence-electron chi connectivity index (χ2n) is 9.06. The quantitative estimate of drug-likeness (QED) is 0.371. The monoisotopic (exact) mass is 497 g/mol. The Morgan fingerprint density at radius 2 is 1.76 bits per heavy atom. The molecular weight excluding hydrogens is 469 g/mol. The number of nitrogens with one attached hydrogen (secondary N) is 1. The summed E-state index contributed by atoms with van der Waals surface area (Å²) < 4.78 is 20.5. The van der Waals surface area contributed by atoms with E-state index in [0.717, 1.165) is 29.5 Å². The van der Waals surface area contributed by atoms with Crippen LogP contribution in [0, 0.1) is 5.82 Å². The van der Waals surface area contributed by atoms with Crippen LogP contribution in [0.15, 0.2) is 79.1 Å². The number of benzene rings is 2. The molecule has 1 amide bonds. The molecule has 4 aromatic rings. The number of carbonyl (C=O) groups is 1. The number of anilines is 1. The zero-order valence-corrected chi connectivity index (χ0v) is 20.6. The molecule has 0 spiro atoms. The van der Waals surface area contributed by atoms with Crippen LogP contribution in [0.5, 0.6) is 5.88 Å². The summed E-state index contributed by atoms with van der Waals surface area (Å²) in [5, 5.41) is 3.30. The number of aromatic nitrogens is 3. The van der Waals surface area contributed by atoms with Gasteiger partial charge in [-0.3, -0.25) is 4.79 Å². The predicted molar refractivity (Wildman–Crippen MR) is 140 cm³/mol. The Bertz CT molecular complexity index is 1360. The first-order valence-corrected chi connectivity index (χ1v) is 12.3. The van der Waals surface area contributed by atoms with Gasteiger partial charge in [0.1, 0.15) is 12.3 Å². The third-order valence-corrected chi connectivity index (χ3v) is 6.45. The summed E-state index contributed by atoms with van der Waals surface area (Å²) in [5.41, 5.74) is 3.73. The van der Waals surface area contributed by atoms with Gasteiger partial charge in [-0.15, -0.1) is 0 Å². The molecule has 2 aromatic carbocycles. The van der Waals surface area contributed by atoms with Gasteiger partial charge in [-0.25, -0.2) is 19.3 Å². The highest BCUT2D eigenvalue weighted by Gasteiger charge is 2.21. The van der Waals surface area contributed by atoms with Gasteiger partial charge < -0.3 is 15.0 Å². The van der Waals surface area contributed by atoms with Crippen molar-refractivity contribution in [2.75, 3.05) is 18.4 Å². The van der Waals surface area contributed by atoms with Crippen LogP contribution in [0.3, 0.4) is 0 Å². The van der Waals surface area contributed by atoms with Gasteiger partial charge in [-0.05, 0) is 36.1 Å². The maximum absolute atomic E-state index is 14.8. The first-order valence-electron chi connectivity index (χ1n) is 12.3. The van der Waals surface area contributed by atoms with E-state index in [1.165, 1.54) is 6.20 Å². The van der Waals surface area contributed by atoms with Crippen molar-refractivity contribution in [3.8, 4) is 28.3 Å². The highest BCUT2D eigenvalue weighted by Crippen LogP contribution is 2.28. The van der Waals surface area contributed by atoms with Crippen molar-refractivity contribution in [3.05, 3.63) is 90.5 Å². The van der Waals surface area contributed by atoms with Crippen molar-refractivity contribution in [2.45, 2.75) is 32.4 Å². The molecule has 1 fully saturated rings. The van der Waals surface area contributed by atoms with Gasteiger partial charge in [0.05, 0.1) is 6.20 Å². The van der Waals surface area contributed by atoms with E-state index in [0.29, 0.717) is 37.1 Å². The number of hydrogen-bond acceptors (Lipinski definition) is 6. The number of carbonyl (C=O) groups excluding carboxylic acids is 1. The number of likely N-dealkylation sites (tertiary alicyclic amines) is 1. The minimum Gasteiger partial charge on any atom is -0.473 e. The third-order valence-electron chi connectivity index (χ3n) is 6.45. The van der Waals surface area contributed by atoms with Gasteiger partial charge in [0.15, 0.2) is 5.82 Å². The SMILES string of the molecule is CC(=O)N1CCC(Nc2ncc(F)c(-c3cccc(-c4ccc(OCc5ccccc5)nc4)c3)n2)CC1. The number of halogens is 1. The van der Waals surface area contributed by atoms with Gasteiger partial charge in [0.25, 0.3) is 0 Å². The molecule has 1 aliphatic heterocycles. The first kappa shape index (κ1) is 24.4. The van der Waals surface area contributed by atoms with Gasteiger partial charge >= 0.3 is 0 Å². The number of piperidine rings is 1. The first-order chi connectivity index (χ1) is 18.0. The summed E-state index contributed by atoms with van der Waals surface area (Å²) >= 11 is 0. The van der Waals surface area contributed by atoms with E-state index in [9.17, 15) is 9.18 Å². The van der Waals surface area contributed by atoms with Crippen molar-refractivity contribution in [2.24, 2.45) is 0 Å². The summed E-state index contributed by atoms with van der Waals surface area (Å²) in [4.78, 5) is 26.4. The number of nitrogens with zero attached hydrogens (tertiary/aromatic N) is 4. The predicted octanol–water partition coefficient (Wildman–Crippen LogP) is 5.35. The van der Waals surface area contributed by atoms with Crippen LogP contribution < -0.4 is 10.1 Å². The highest BCUT2D eigenvalue weighted by atomic mass is 19.1. The summed E-state index contributed by atoms with van der Waals surface area (Å²) in [6.07, 6.45) is 4.53. The lowest BCUT2D eigenvalue weighted by Gasteiger charge is -2.31. The number of pyridine rings is 1. The molecule has 0 bridgehead atoms. The molecule has 1 saturated heterocycles. The molecule has 0 aliphatic carbocycles. The molecule has 8 heteroatoms. The second kappa shape index (κ2) is 11.2. The normalized spacial score (nSPS) is 13.8. The van der Waals surface area contributed by atoms with Crippen LogP contribution in [-0.4, -0.2) is 44.9 Å². The lowest BCUT2D eigenvalue weighted by Crippen LogP contribution is -2.41. The molecule has 1 aliphatic rings. The fraction of sp³-hybridized carbons (Fsp3) is 0.241. The summed E-state index contributed by atoms with van der Waals surface area (Å²) in [6.45, 7) is 3.41. The maximum Gasteiger partial charge on any atom is 0.223 e. The smallest absolute Gasteiger partial charge is 0.223 e. The molecule has 1 N–H and O–H groups in total. The van der Waals surface area contributed by atoms with Crippen molar-refractivity contribution in [1.82, 2.24) is 19.9 Å². The van der Waals surface area contributed by atoms with Crippen molar-refractivity contribution < 1.29 is 13.9 Å². The Balaban J connectivity index is 1.28. The summed E-state index contributed by atoms with van der Waals surface area (Å²) in [6, 6.07) is 21.4. The highest BCUT2D eigenvalue weighted by molar-refractivity contribution is 5.73.